The van der Waals surface area contributed by atoms with Crippen LogP contribution in [0.15, 0.2) is 54.9 Å². The third kappa shape index (κ3) is 4.01. The molecule has 3 aromatic rings. The molecule has 156 valence electrons. The molecule has 30 heavy (non-hydrogen) atoms. The van der Waals surface area contributed by atoms with Crippen LogP contribution in [0.3, 0.4) is 0 Å². The molecule has 7 nitrogen and oxygen atoms in total. The molecule has 2 aromatic carbocycles. The van der Waals surface area contributed by atoms with Gasteiger partial charge in [0.15, 0.2) is 0 Å². The van der Waals surface area contributed by atoms with Crippen molar-refractivity contribution >= 4 is 5.91 Å². The van der Waals surface area contributed by atoms with Gasteiger partial charge in [-0.1, -0.05) is 24.6 Å². The van der Waals surface area contributed by atoms with Gasteiger partial charge in [-0.3, -0.25) is 4.79 Å². The minimum atomic E-state index is -0.113. The minimum Gasteiger partial charge on any atom is -0.496 e. The van der Waals surface area contributed by atoms with Crippen molar-refractivity contribution in [1.29, 1.82) is 0 Å². The maximum atomic E-state index is 13.1. The summed E-state index contributed by atoms with van der Waals surface area (Å²) in [5.74, 6) is 1.63. The number of likely N-dealkylation sites (tertiary alicyclic amines) is 1. The van der Waals surface area contributed by atoms with Crippen molar-refractivity contribution in [2.24, 2.45) is 0 Å². The van der Waals surface area contributed by atoms with Crippen LogP contribution in [0.1, 0.15) is 42.9 Å². The van der Waals surface area contributed by atoms with Gasteiger partial charge in [0, 0.05) is 13.0 Å². The monoisotopic (exact) mass is 406 g/mol. The highest BCUT2D eigenvalue weighted by Gasteiger charge is 2.32. The fraction of sp³-hybridized carbons (Fsp3) is 0.348. The first kappa shape index (κ1) is 19.9. The molecule has 0 spiro atoms. The Morgan fingerprint density at radius 2 is 1.70 bits per heavy atom. The van der Waals surface area contributed by atoms with Crippen molar-refractivity contribution in [3.05, 3.63) is 66.0 Å². The van der Waals surface area contributed by atoms with Gasteiger partial charge in [0.1, 0.15) is 11.5 Å². The highest BCUT2D eigenvalue weighted by Crippen LogP contribution is 2.42. The van der Waals surface area contributed by atoms with Crippen molar-refractivity contribution in [2.75, 3.05) is 14.2 Å². The summed E-state index contributed by atoms with van der Waals surface area (Å²) < 4.78 is 11.3. The topological polar surface area (TPSA) is 69.5 Å². The average Bonchev–Trinajstić information content (AvgIpc) is 3.26. The van der Waals surface area contributed by atoms with E-state index < -0.39 is 0 Å². The molecule has 1 saturated heterocycles. The Balaban J connectivity index is 1.71. The van der Waals surface area contributed by atoms with Crippen molar-refractivity contribution in [3.8, 4) is 17.2 Å². The van der Waals surface area contributed by atoms with Gasteiger partial charge >= 0.3 is 0 Å². The third-order valence-electron chi connectivity index (χ3n) is 5.53. The molecule has 1 aliphatic rings. The van der Waals surface area contributed by atoms with Gasteiger partial charge in [-0.05, 0) is 42.7 Å². The summed E-state index contributed by atoms with van der Waals surface area (Å²) in [6, 6.07) is 13.6. The summed E-state index contributed by atoms with van der Waals surface area (Å²) in [7, 11) is 3.31. The lowest BCUT2D eigenvalue weighted by molar-refractivity contribution is -0.133. The molecule has 1 aromatic heterocycles. The number of carbonyl (C=O) groups is 1. The van der Waals surface area contributed by atoms with E-state index >= 15 is 0 Å². The molecule has 4 rings (SSSR count). The Hall–Kier alpha value is -3.35. The van der Waals surface area contributed by atoms with Gasteiger partial charge < -0.3 is 14.4 Å². The number of ether oxygens (including phenoxy) is 2. The molecule has 1 aliphatic heterocycles. The quantitative estimate of drug-likeness (QED) is 0.620. The van der Waals surface area contributed by atoms with Crippen molar-refractivity contribution < 1.29 is 14.3 Å². The van der Waals surface area contributed by atoms with Crippen LogP contribution in [0.25, 0.3) is 5.69 Å². The van der Waals surface area contributed by atoms with Crippen LogP contribution < -0.4 is 9.47 Å². The zero-order valence-electron chi connectivity index (χ0n) is 17.3. The lowest BCUT2D eigenvalue weighted by atomic mass is 9.98. The summed E-state index contributed by atoms with van der Waals surface area (Å²) in [5.41, 5.74) is 2.83. The van der Waals surface area contributed by atoms with Gasteiger partial charge in [0.05, 0.1) is 43.9 Å². The van der Waals surface area contributed by atoms with Gasteiger partial charge in [0.25, 0.3) is 0 Å². The van der Waals surface area contributed by atoms with E-state index in [0.717, 1.165) is 47.6 Å². The van der Waals surface area contributed by atoms with E-state index in [0.29, 0.717) is 13.0 Å². The van der Waals surface area contributed by atoms with Crippen LogP contribution in [0.4, 0.5) is 0 Å². The number of benzene rings is 2. The molecule has 1 amide bonds. The smallest absolute Gasteiger partial charge is 0.223 e. The highest BCUT2D eigenvalue weighted by atomic mass is 16.5. The van der Waals surface area contributed by atoms with Gasteiger partial charge in [-0.2, -0.15) is 15.0 Å². The van der Waals surface area contributed by atoms with E-state index in [1.54, 1.807) is 31.4 Å². The second kappa shape index (κ2) is 8.98. The van der Waals surface area contributed by atoms with Crippen LogP contribution in [0.2, 0.25) is 0 Å². The van der Waals surface area contributed by atoms with Gasteiger partial charge in [-0.25, -0.2) is 0 Å². The average molecular weight is 406 g/mol. The fourth-order valence-electron chi connectivity index (χ4n) is 4.12. The number of nitrogens with zero attached hydrogens (tertiary/aromatic N) is 4. The molecule has 1 fully saturated rings. The number of aromatic nitrogens is 3. The number of rotatable bonds is 6. The summed E-state index contributed by atoms with van der Waals surface area (Å²) in [6.45, 7) is 0.500. The molecular weight excluding hydrogens is 380 g/mol. The fourth-order valence-corrected chi connectivity index (χ4v) is 4.12. The molecule has 1 atom stereocenters. The molecule has 0 N–H and O–H groups in total. The predicted molar refractivity (Wildman–Crippen MR) is 113 cm³/mol. The number of hydrogen-bond acceptors (Lipinski definition) is 5. The first-order valence-electron chi connectivity index (χ1n) is 10.2. The van der Waals surface area contributed by atoms with E-state index in [9.17, 15) is 4.79 Å². The zero-order chi connectivity index (χ0) is 20.9. The number of carbonyl (C=O) groups excluding carboxylic acids is 1. The second-order valence-electron chi connectivity index (χ2n) is 7.35. The van der Waals surface area contributed by atoms with E-state index in [-0.39, 0.29) is 11.9 Å². The summed E-state index contributed by atoms with van der Waals surface area (Å²) >= 11 is 0. The lowest BCUT2D eigenvalue weighted by Crippen LogP contribution is -2.33. The standard InChI is InChI=1S/C23H26N4O3/c1-29-20-10-6-11-21(30-2)23(20)19-9-3-4-12-22(28)26(19)16-17-7-5-8-18(15-17)27-24-13-14-25-27/h5-8,10-11,13-15,19H,3-4,9,12,16H2,1-2H3/t19-/m1/s1. The Kier molecular flexibility index (Phi) is 5.97. The summed E-state index contributed by atoms with van der Waals surface area (Å²) in [6.07, 6.45) is 6.58. The zero-order valence-corrected chi connectivity index (χ0v) is 17.3. The molecule has 7 heteroatoms. The summed E-state index contributed by atoms with van der Waals surface area (Å²) in [5, 5.41) is 8.41. The summed E-state index contributed by atoms with van der Waals surface area (Å²) in [4.78, 5) is 16.7. The van der Waals surface area contributed by atoms with Gasteiger partial charge in [-0.15, -0.1) is 0 Å². The molecule has 2 heterocycles. The van der Waals surface area contributed by atoms with Crippen molar-refractivity contribution in [1.82, 2.24) is 19.9 Å². The third-order valence-corrected chi connectivity index (χ3v) is 5.53. The van der Waals surface area contributed by atoms with Crippen LogP contribution in [-0.4, -0.2) is 40.0 Å². The molecule has 0 aliphatic carbocycles. The van der Waals surface area contributed by atoms with Gasteiger partial charge in [0.2, 0.25) is 5.91 Å². The number of methoxy groups -OCH3 is 2. The molecule has 0 bridgehead atoms. The SMILES string of the molecule is COc1cccc(OC)c1[C@H]1CCCCC(=O)N1Cc1cccc(-n2nccn2)c1. The minimum absolute atomic E-state index is 0.113. The van der Waals surface area contributed by atoms with E-state index in [4.69, 9.17) is 9.47 Å². The molecule has 0 saturated carbocycles. The van der Waals surface area contributed by atoms with Crippen LogP contribution in [-0.2, 0) is 11.3 Å². The normalized spacial score (nSPS) is 16.9. The maximum absolute atomic E-state index is 13.1. The maximum Gasteiger partial charge on any atom is 0.223 e. The molecule has 0 unspecified atom stereocenters. The Labute approximate surface area is 176 Å². The number of amides is 1. The highest BCUT2D eigenvalue weighted by molar-refractivity contribution is 5.77. The largest absolute Gasteiger partial charge is 0.496 e. The first-order valence-corrected chi connectivity index (χ1v) is 10.2. The Morgan fingerprint density at radius 1 is 1.00 bits per heavy atom. The van der Waals surface area contributed by atoms with Crippen molar-refractivity contribution in [3.63, 3.8) is 0 Å². The Morgan fingerprint density at radius 3 is 2.40 bits per heavy atom. The second-order valence-corrected chi connectivity index (χ2v) is 7.35. The molecular formula is C23H26N4O3. The first-order chi connectivity index (χ1) is 14.7. The van der Waals surface area contributed by atoms with Crippen LogP contribution >= 0.6 is 0 Å². The lowest BCUT2D eigenvalue weighted by Gasteiger charge is -2.32. The van der Waals surface area contributed by atoms with Crippen LogP contribution in [0.5, 0.6) is 11.5 Å². The van der Waals surface area contributed by atoms with E-state index in [2.05, 4.69) is 10.2 Å². The van der Waals surface area contributed by atoms with E-state index in [1.807, 2.05) is 47.4 Å². The van der Waals surface area contributed by atoms with Crippen LogP contribution in [0, 0.1) is 0 Å². The van der Waals surface area contributed by atoms with E-state index in [1.165, 1.54) is 0 Å². The molecule has 0 radical (unpaired) electrons. The number of hydrogen-bond donors (Lipinski definition) is 0. The van der Waals surface area contributed by atoms with Crippen molar-refractivity contribution in [2.45, 2.75) is 38.3 Å². The Bertz CT molecular complexity index is 981. The predicted octanol–water partition coefficient (Wildman–Crippen LogP) is 3.93.